The van der Waals surface area contributed by atoms with Crippen LogP contribution in [0, 0.1) is 17.1 Å². The third-order valence-electron chi connectivity index (χ3n) is 2.11. The summed E-state index contributed by atoms with van der Waals surface area (Å²) in [6.45, 7) is 0. The molecule has 0 fully saturated rings. The summed E-state index contributed by atoms with van der Waals surface area (Å²) in [4.78, 5) is 0.951. The Labute approximate surface area is 97.0 Å². The van der Waals surface area contributed by atoms with E-state index in [1.807, 2.05) is 17.5 Å². The minimum absolute atomic E-state index is 0.282. The first-order valence-electron chi connectivity index (χ1n) is 4.75. The van der Waals surface area contributed by atoms with Crippen LogP contribution in [0.3, 0.4) is 0 Å². The van der Waals surface area contributed by atoms with Gasteiger partial charge in [-0.25, -0.2) is 4.39 Å². The molecule has 80 valence electrons. The molecule has 0 spiro atoms. The lowest BCUT2D eigenvalue weighted by Crippen LogP contribution is -2.06. The van der Waals surface area contributed by atoms with Gasteiger partial charge in [-0.2, -0.15) is 5.26 Å². The van der Waals surface area contributed by atoms with E-state index < -0.39 is 0 Å². The Morgan fingerprint density at radius 1 is 1.25 bits per heavy atom. The zero-order chi connectivity index (χ0) is 11.4. The van der Waals surface area contributed by atoms with Crippen molar-refractivity contribution in [3.05, 3.63) is 52.5 Å². The van der Waals surface area contributed by atoms with Gasteiger partial charge >= 0.3 is 0 Å². The maximum absolute atomic E-state index is 12.7. The van der Waals surface area contributed by atoms with Crippen LogP contribution in [-0.4, -0.2) is 0 Å². The van der Waals surface area contributed by atoms with Gasteiger partial charge in [-0.15, -0.1) is 11.3 Å². The van der Waals surface area contributed by atoms with Crippen molar-refractivity contribution in [1.82, 2.24) is 0 Å². The number of nitrogens with one attached hydrogen (secondary N) is 1. The van der Waals surface area contributed by atoms with Gasteiger partial charge in [0.05, 0.1) is 6.07 Å². The third-order valence-corrected chi connectivity index (χ3v) is 3.05. The molecule has 4 heteroatoms. The smallest absolute Gasteiger partial charge is 0.149 e. The van der Waals surface area contributed by atoms with Gasteiger partial charge in [0.15, 0.2) is 0 Å². The Kier molecular flexibility index (Phi) is 3.18. The molecule has 2 aromatic rings. The van der Waals surface area contributed by atoms with E-state index in [2.05, 4.69) is 11.4 Å². The number of rotatable bonds is 3. The predicted molar refractivity (Wildman–Crippen MR) is 62.7 cm³/mol. The number of nitrogens with zero attached hydrogens (tertiary/aromatic N) is 1. The molecule has 1 heterocycles. The SMILES string of the molecule is N#CC(Nc1ccc(F)cc1)c1cccs1. The summed E-state index contributed by atoms with van der Waals surface area (Å²) < 4.78 is 12.7. The van der Waals surface area contributed by atoms with Crippen LogP contribution in [0.1, 0.15) is 10.9 Å². The van der Waals surface area contributed by atoms with Crippen molar-refractivity contribution in [3.8, 4) is 6.07 Å². The normalized spacial score (nSPS) is 11.8. The first-order valence-corrected chi connectivity index (χ1v) is 5.62. The van der Waals surface area contributed by atoms with Crippen LogP contribution in [0.25, 0.3) is 0 Å². The largest absolute Gasteiger partial charge is 0.366 e. The number of benzene rings is 1. The first-order chi connectivity index (χ1) is 7.79. The van der Waals surface area contributed by atoms with Gasteiger partial charge in [0, 0.05) is 10.6 Å². The van der Waals surface area contributed by atoms with Gasteiger partial charge in [0.1, 0.15) is 11.9 Å². The fourth-order valence-corrected chi connectivity index (χ4v) is 2.05. The number of thiophene rings is 1. The van der Waals surface area contributed by atoms with Crippen molar-refractivity contribution in [2.75, 3.05) is 5.32 Å². The molecule has 0 aliphatic carbocycles. The van der Waals surface area contributed by atoms with E-state index >= 15 is 0 Å². The summed E-state index contributed by atoms with van der Waals surface area (Å²) in [7, 11) is 0. The fraction of sp³-hybridized carbons (Fsp3) is 0.0833. The van der Waals surface area contributed by atoms with Crippen molar-refractivity contribution < 1.29 is 4.39 Å². The molecule has 2 nitrogen and oxygen atoms in total. The monoisotopic (exact) mass is 232 g/mol. The van der Waals surface area contributed by atoms with Crippen LogP contribution in [-0.2, 0) is 0 Å². The lowest BCUT2D eigenvalue weighted by Gasteiger charge is -2.10. The summed E-state index contributed by atoms with van der Waals surface area (Å²) in [5.41, 5.74) is 0.737. The highest BCUT2D eigenvalue weighted by atomic mass is 32.1. The van der Waals surface area contributed by atoms with E-state index in [0.29, 0.717) is 0 Å². The Morgan fingerprint density at radius 2 is 2.00 bits per heavy atom. The molecule has 1 aromatic carbocycles. The molecule has 0 aliphatic heterocycles. The first kappa shape index (κ1) is 10.7. The second-order valence-corrected chi connectivity index (χ2v) is 4.21. The number of nitriles is 1. The molecule has 1 N–H and O–H groups in total. The van der Waals surface area contributed by atoms with Crippen molar-refractivity contribution in [2.45, 2.75) is 6.04 Å². The van der Waals surface area contributed by atoms with Crippen molar-refractivity contribution in [1.29, 1.82) is 5.26 Å². The Morgan fingerprint density at radius 3 is 2.56 bits per heavy atom. The van der Waals surface area contributed by atoms with Crippen molar-refractivity contribution in [3.63, 3.8) is 0 Å². The third kappa shape index (κ3) is 2.38. The number of anilines is 1. The van der Waals surface area contributed by atoms with E-state index in [1.54, 1.807) is 12.1 Å². The average Bonchev–Trinajstić information content (AvgIpc) is 2.82. The van der Waals surface area contributed by atoms with Crippen molar-refractivity contribution in [2.24, 2.45) is 0 Å². The molecular weight excluding hydrogens is 223 g/mol. The minimum Gasteiger partial charge on any atom is -0.366 e. The van der Waals surface area contributed by atoms with E-state index in [-0.39, 0.29) is 11.9 Å². The summed E-state index contributed by atoms with van der Waals surface area (Å²) in [5.74, 6) is -0.282. The Hall–Kier alpha value is -1.86. The minimum atomic E-state index is -0.384. The molecule has 16 heavy (non-hydrogen) atoms. The highest BCUT2D eigenvalue weighted by Crippen LogP contribution is 2.22. The molecule has 1 unspecified atom stereocenters. The summed E-state index contributed by atoms with van der Waals surface area (Å²) in [6, 6.07) is 11.6. The van der Waals surface area contributed by atoms with Gasteiger partial charge in [0.2, 0.25) is 0 Å². The van der Waals surface area contributed by atoms with Gasteiger partial charge in [-0.3, -0.25) is 0 Å². The molecule has 0 aliphatic rings. The molecule has 1 aromatic heterocycles. The second-order valence-electron chi connectivity index (χ2n) is 3.23. The van der Waals surface area contributed by atoms with E-state index in [1.165, 1.54) is 23.5 Å². The Bertz CT molecular complexity index is 485. The maximum atomic E-state index is 12.7. The fourth-order valence-electron chi connectivity index (χ4n) is 1.34. The molecule has 2 rings (SSSR count). The predicted octanol–water partition coefficient (Wildman–Crippen LogP) is 3.56. The van der Waals surface area contributed by atoms with Crippen LogP contribution >= 0.6 is 11.3 Å². The number of hydrogen-bond donors (Lipinski definition) is 1. The standard InChI is InChI=1S/C12H9FN2S/c13-9-3-5-10(6-4-9)15-11(8-14)12-2-1-7-16-12/h1-7,11,15H. The highest BCUT2D eigenvalue weighted by Gasteiger charge is 2.10. The number of hydrogen-bond acceptors (Lipinski definition) is 3. The van der Waals surface area contributed by atoms with Crippen LogP contribution < -0.4 is 5.32 Å². The molecule has 0 saturated carbocycles. The molecule has 0 bridgehead atoms. The second kappa shape index (κ2) is 4.77. The van der Waals surface area contributed by atoms with E-state index in [9.17, 15) is 4.39 Å². The molecule has 1 atom stereocenters. The average molecular weight is 232 g/mol. The van der Waals surface area contributed by atoms with Gasteiger partial charge in [0.25, 0.3) is 0 Å². The van der Waals surface area contributed by atoms with Crippen LogP contribution in [0.4, 0.5) is 10.1 Å². The van der Waals surface area contributed by atoms with Crippen LogP contribution in [0.2, 0.25) is 0 Å². The zero-order valence-corrected chi connectivity index (χ0v) is 9.17. The zero-order valence-electron chi connectivity index (χ0n) is 8.35. The summed E-state index contributed by atoms with van der Waals surface area (Å²) >= 11 is 1.52. The molecular formula is C12H9FN2S. The van der Waals surface area contributed by atoms with Gasteiger partial charge < -0.3 is 5.32 Å². The molecule has 0 radical (unpaired) electrons. The maximum Gasteiger partial charge on any atom is 0.149 e. The lowest BCUT2D eigenvalue weighted by molar-refractivity contribution is 0.628. The quantitative estimate of drug-likeness (QED) is 0.878. The van der Waals surface area contributed by atoms with Crippen LogP contribution in [0.15, 0.2) is 41.8 Å². The Balaban J connectivity index is 2.14. The van der Waals surface area contributed by atoms with E-state index in [4.69, 9.17) is 5.26 Å². The molecule has 0 amide bonds. The number of halogens is 1. The topological polar surface area (TPSA) is 35.8 Å². The summed E-state index contributed by atoms with van der Waals surface area (Å²) in [5, 5.41) is 14.0. The van der Waals surface area contributed by atoms with E-state index in [0.717, 1.165) is 10.6 Å². The summed E-state index contributed by atoms with van der Waals surface area (Å²) in [6.07, 6.45) is 0. The highest BCUT2D eigenvalue weighted by molar-refractivity contribution is 7.10. The van der Waals surface area contributed by atoms with Gasteiger partial charge in [-0.1, -0.05) is 6.07 Å². The van der Waals surface area contributed by atoms with Gasteiger partial charge in [-0.05, 0) is 35.7 Å². The lowest BCUT2D eigenvalue weighted by atomic mass is 10.2. The molecule has 0 saturated heterocycles. The van der Waals surface area contributed by atoms with Crippen LogP contribution in [0.5, 0.6) is 0 Å². The van der Waals surface area contributed by atoms with Crippen molar-refractivity contribution >= 4 is 17.0 Å².